The predicted octanol–water partition coefficient (Wildman–Crippen LogP) is 5.89. The summed E-state index contributed by atoms with van der Waals surface area (Å²) in [6, 6.07) is 0. The summed E-state index contributed by atoms with van der Waals surface area (Å²) in [4.78, 5) is 0. The molecule has 0 amide bonds. The second-order valence-electron chi connectivity index (χ2n) is 9.31. The molecule has 0 unspecified atom stereocenters. The molecular weight excluding hydrogens is 328 g/mol. The zero-order valence-corrected chi connectivity index (χ0v) is 18.8. The third-order valence-corrected chi connectivity index (χ3v) is 9.96. The first kappa shape index (κ1) is 22.7. The van der Waals surface area contributed by atoms with Crippen LogP contribution >= 0.6 is 0 Å². The normalized spacial score (nSPS) is 24.9. The molecule has 0 aromatic carbocycles. The molecule has 25 heavy (non-hydrogen) atoms. The Balaban J connectivity index is 2.76. The lowest BCUT2D eigenvalue weighted by Crippen LogP contribution is -2.48. The first-order chi connectivity index (χ1) is 11.4. The first-order valence-electron chi connectivity index (χ1n) is 9.93. The Bertz CT molecular complexity index is 445. The van der Waals surface area contributed by atoms with Gasteiger partial charge in [0.1, 0.15) is 12.2 Å². The van der Waals surface area contributed by atoms with Crippen LogP contribution in [0.5, 0.6) is 0 Å². The number of hydrogen-bond donors (Lipinski definition) is 0. The summed E-state index contributed by atoms with van der Waals surface area (Å²) in [5.41, 5.74) is 0. The summed E-state index contributed by atoms with van der Waals surface area (Å²) in [6.45, 7) is 17.3. The van der Waals surface area contributed by atoms with Crippen LogP contribution in [-0.2, 0) is 13.9 Å². The summed E-state index contributed by atoms with van der Waals surface area (Å²) >= 11 is 0. The van der Waals surface area contributed by atoms with Gasteiger partial charge in [0, 0.05) is 0 Å². The van der Waals surface area contributed by atoms with Gasteiger partial charge in [-0.15, -0.1) is 6.42 Å². The summed E-state index contributed by atoms with van der Waals surface area (Å²) in [6.07, 6.45) is 12.6. The fourth-order valence-corrected chi connectivity index (χ4v) is 4.17. The molecule has 0 saturated carbocycles. The first-order valence-corrected chi connectivity index (χ1v) is 12.8. The van der Waals surface area contributed by atoms with E-state index in [1.165, 1.54) is 25.7 Å². The lowest BCUT2D eigenvalue weighted by molar-refractivity contribution is -0.151. The van der Waals surface area contributed by atoms with Crippen LogP contribution in [0.25, 0.3) is 0 Å². The van der Waals surface area contributed by atoms with Gasteiger partial charge in [-0.25, -0.2) is 0 Å². The maximum Gasteiger partial charge on any atom is 0.193 e. The van der Waals surface area contributed by atoms with Crippen molar-refractivity contribution < 1.29 is 13.9 Å². The minimum Gasteiger partial charge on any atom is -0.401 e. The van der Waals surface area contributed by atoms with Gasteiger partial charge in [-0.3, -0.25) is 0 Å². The Kier molecular flexibility index (Phi) is 8.21. The highest BCUT2D eigenvalue weighted by atomic mass is 28.4. The van der Waals surface area contributed by atoms with Gasteiger partial charge in [0.05, 0.1) is 6.10 Å². The van der Waals surface area contributed by atoms with E-state index in [1.54, 1.807) is 0 Å². The van der Waals surface area contributed by atoms with Crippen LogP contribution in [0.1, 0.15) is 80.1 Å². The van der Waals surface area contributed by atoms with Crippen molar-refractivity contribution in [3.8, 4) is 12.3 Å². The lowest BCUT2D eigenvalue weighted by atomic mass is 10.0. The predicted molar refractivity (Wildman–Crippen MR) is 108 cm³/mol. The Morgan fingerprint density at radius 1 is 1.12 bits per heavy atom. The molecule has 3 nitrogen and oxygen atoms in total. The van der Waals surface area contributed by atoms with Crippen LogP contribution in [-0.4, -0.2) is 32.4 Å². The van der Waals surface area contributed by atoms with E-state index in [9.17, 15) is 0 Å². The number of hydrogen-bond acceptors (Lipinski definition) is 3. The average molecular weight is 369 g/mol. The van der Waals surface area contributed by atoms with Crippen molar-refractivity contribution in [3.63, 3.8) is 0 Å². The van der Waals surface area contributed by atoms with E-state index in [4.69, 9.17) is 20.3 Å². The van der Waals surface area contributed by atoms with Crippen LogP contribution in [0.4, 0.5) is 0 Å². The van der Waals surface area contributed by atoms with Crippen LogP contribution < -0.4 is 0 Å². The summed E-state index contributed by atoms with van der Waals surface area (Å²) in [5, 5.41) is 0.118. The maximum atomic E-state index is 6.50. The molecule has 0 bridgehead atoms. The van der Waals surface area contributed by atoms with E-state index in [2.05, 4.69) is 46.7 Å². The van der Waals surface area contributed by atoms with Crippen molar-refractivity contribution in [1.29, 1.82) is 0 Å². The Labute approximate surface area is 157 Å². The summed E-state index contributed by atoms with van der Waals surface area (Å²) < 4.78 is 18.9. The molecule has 1 fully saturated rings. The molecule has 1 rings (SSSR count). The van der Waals surface area contributed by atoms with Gasteiger partial charge in [0.2, 0.25) is 0 Å². The highest BCUT2D eigenvalue weighted by molar-refractivity contribution is 6.74. The van der Waals surface area contributed by atoms with Gasteiger partial charge in [-0.1, -0.05) is 65.7 Å². The van der Waals surface area contributed by atoms with Crippen molar-refractivity contribution in [1.82, 2.24) is 0 Å². The van der Waals surface area contributed by atoms with Gasteiger partial charge in [-0.2, -0.15) is 0 Å². The smallest absolute Gasteiger partial charge is 0.193 e. The highest BCUT2D eigenvalue weighted by Gasteiger charge is 2.48. The van der Waals surface area contributed by atoms with Crippen molar-refractivity contribution >= 4 is 8.32 Å². The molecule has 1 aliphatic rings. The topological polar surface area (TPSA) is 27.7 Å². The van der Waals surface area contributed by atoms with Gasteiger partial charge >= 0.3 is 0 Å². The van der Waals surface area contributed by atoms with Crippen LogP contribution in [0.15, 0.2) is 0 Å². The van der Waals surface area contributed by atoms with E-state index < -0.39 is 14.1 Å². The second-order valence-corrected chi connectivity index (χ2v) is 14.1. The van der Waals surface area contributed by atoms with Gasteiger partial charge in [-0.05, 0) is 38.4 Å². The van der Waals surface area contributed by atoms with Gasteiger partial charge < -0.3 is 13.9 Å². The van der Waals surface area contributed by atoms with Gasteiger partial charge in [0.15, 0.2) is 14.1 Å². The quantitative estimate of drug-likeness (QED) is 0.288. The molecule has 1 aliphatic heterocycles. The molecule has 0 aromatic rings. The molecule has 0 spiro atoms. The molecule has 0 radical (unpaired) electrons. The molecule has 0 N–H and O–H groups in total. The highest BCUT2D eigenvalue weighted by Crippen LogP contribution is 2.40. The van der Waals surface area contributed by atoms with E-state index in [0.717, 1.165) is 12.8 Å². The third kappa shape index (κ3) is 6.71. The van der Waals surface area contributed by atoms with E-state index >= 15 is 0 Å². The third-order valence-electron chi connectivity index (χ3n) is 5.50. The number of unbranched alkanes of at least 4 members (excludes halogenated alkanes) is 4. The fraction of sp³-hybridized carbons (Fsp3) is 0.905. The van der Waals surface area contributed by atoms with Gasteiger partial charge in [0.25, 0.3) is 0 Å². The monoisotopic (exact) mass is 368 g/mol. The summed E-state index contributed by atoms with van der Waals surface area (Å²) in [5.74, 6) is 2.27. The Morgan fingerprint density at radius 2 is 1.72 bits per heavy atom. The van der Waals surface area contributed by atoms with E-state index in [1.807, 2.05) is 13.8 Å². The van der Waals surface area contributed by atoms with Crippen molar-refractivity contribution in [3.05, 3.63) is 0 Å². The molecular formula is C21H40O3Si. The minimum atomic E-state index is -1.96. The second kappa shape index (κ2) is 9.04. The zero-order valence-electron chi connectivity index (χ0n) is 17.8. The van der Waals surface area contributed by atoms with Crippen LogP contribution in [0, 0.1) is 12.3 Å². The molecule has 4 heteroatoms. The molecule has 1 saturated heterocycles. The maximum absolute atomic E-state index is 6.50. The number of ether oxygens (including phenoxy) is 2. The number of rotatable bonds is 9. The van der Waals surface area contributed by atoms with Crippen LogP contribution in [0.2, 0.25) is 18.1 Å². The molecule has 0 aliphatic carbocycles. The fourth-order valence-electron chi connectivity index (χ4n) is 2.98. The minimum absolute atomic E-state index is 0.0162. The molecule has 146 valence electrons. The number of terminal acetylenes is 1. The van der Waals surface area contributed by atoms with Crippen molar-refractivity contribution in [2.24, 2.45) is 0 Å². The molecule has 1 heterocycles. The van der Waals surface area contributed by atoms with Crippen molar-refractivity contribution in [2.75, 3.05) is 0 Å². The molecule has 3 atom stereocenters. The van der Waals surface area contributed by atoms with E-state index in [0.29, 0.717) is 0 Å². The SMILES string of the molecule is C#C[C@H](O[Si](C)(C)C(C)(C)C)[C@H]1OC(C)(C)O[C@@H]1CCCCCCC. The lowest BCUT2D eigenvalue weighted by Gasteiger charge is -2.39. The Morgan fingerprint density at radius 3 is 2.24 bits per heavy atom. The molecule has 0 aromatic heterocycles. The summed E-state index contributed by atoms with van der Waals surface area (Å²) in [7, 11) is -1.96. The average Bonchev–Trinajstić information content (AvgIpc) is 2.78. The standard InChI is InChI=1S/C21H40O3Si/c1-10-12-13-14-15-16-18-19(23-21(6,7)22-18)17(11-2)24-25(8,9)20(3,4)5/h2,17-19H,10,12-16H2,1,3-9H3/t17-,18+,19+/m0/s1. The zero-order chi connectivity index (χ0) is 19.3. The van der Waals surface area contributed by atoms with Crippen molar-refractivity contribution in [2.45, 2.75) is 122 Å². The van der Waals surface area contributed by atoms with Crippen LogP contribution in [0.3, 0.4) is 0 Å². The van der Waals surface area contributed by atoms with E-state index in [-0.39, 0.29) is 23.4 Å². The largest absolute Gasteiger partial charge is 0.401 e. The Hall–Kier alpha value is -0.343.